The van der Waals surface area contributed by atoms with Crippen LogP contribution in [0.5, 0.6) is 0 Å². The lowest BCUT2D eigenvalue weighted by atomic mass is 10.3. The second-order valence-corrected chi connectivity index (χ2v) is 4.71. The van der Waals surface area contributed by atoms with Gasteiger partial charge >= 0.3 is 0 Å². The van der Waals surface area contributed by atoms with Crippen molar-refractivity contribution in [1.29, 1.82) is 0 Å². The lowest BCUT2D eigenvalue weighted by Gasteiger charge is -2.01. The summed E-state index contributed by atoms with van der Waals surface area (Å²) in [6, 6.07) is 7.94. The molecule has 1 aromatic carbocycles. The zero-order chi connectivity index (χ0) is 12.5. The molecule has 3 aromatic rings. The molecule has 90 valence electrons. The van der Waals surface area contributed by atoms with Gasteiger partial charge in [0.05, 0.1) is 0 Å². The highest BCUT2D eigenvalue weighted by Crippen LogP contribution is 2.19. The predicted octanol–water partition coefficient (Wildman–Crippen LogP) is 2.99. The highest BCUT2D eigenvalue weighted by molar-refractivity contribution is 9.10. The fourth-order valence-corrected chi connectivity index (χ4v) is 2.00. The van der Waals surface area contributed by atoms with Gasteiger partial charge in [0.2, 0.25) is 0 Å². The van der Waals surface area contributed by atoms with Crippen molar-refractivity contribution >= 4 is 15.9 Å². The average Bonchev–Trinajstić information content (AvgIpc) is 2.97. The first-order chi connectivity index (χ1) is 8.72. The highest BCUT2D eigenvalue weighted by Gasteiger charge is 2.10. The molecule has 18 heavy (non-hydrogen) atoms. The Hall–Kier alpha value is -1.95. The van der Waals surface area contributed by atoms with E-state index in [-0.39, 0.29) is 0 Å². The van der Waals surface area contributed by atoms with Crippen molar-refractivity contribution in [2.75, 3.05) is 0 Å². The van der Waals surface area contributed by atoms with Crippen LogP contribution in [0.15, 0.2) is 45.8 Å². The first-order valence-corrected chi connectivity index (χ1v) is 6.12. The van der Waals surface area contributed by atoms with Gasteiger partial charge in [0, 0.05) is 16.4 Å². The van der Waals surface area contributed by atoms with Crippen molar-refractivity contribution in [2.45, 2.75) is 6.92 Å². The molecule has 0 spiro atoms. The maximum atomic E-state index is 5.08. The van der Waals surface area contributed by atoms with Gasteiger partial charge in [-0.05, 0) is 25.1 Å². The number of aromatic nitrogens is 4. The molecule has 0 saturated carbocycles. The summed E-state index contributed by atoms with van der Waals surface area (Å²) in [5.74, 6) is 1.03. The molecule has 2 aromatic heterocycles. The van der Waals surface area contributed by atoms with Gasteiger partial charge in [-0.2, -0.15) is 4.98 Å². The van der Waals surface area contributed by atoms with Crippen LogP contribution in [0.4, 0.5) is 0 Å². The first-order valence-electron chi connectivity index (χ1n) is 5.33. The molecule has 3 rings (SSSR count). The Morgan fingerprint density at radius 1 is 1.33 bits per heavy atom. The van der Waals surface area contributed by atoms with E-state index in [1.165, 1.54) is 0 Å². The number of hydrogen-bond donors (Lipinski definition) is 0. The molecular weight excluding hydrogens is 296 g/mol. The van der Waals surface area contributed by atoms with Crippen molar-refractivity contribution in [2.24, 2.45) is 0 Å². The standard InChI is InChI=1S/C12H9BrN4O/c1-8-15-12(18-16-8)11-6-17(7-14-11)10-4-2-3-9(13)5-10/h2-7H,1H3. The Bertz CT molecular complexity index is 689. The van der Waals surface area contributed by atoms with Crippen LogP contribution >= 0.6 is 15.9 Å². The summed E-state index contributed by atoms with van der Waals surface area (Å²) in [7, 11) is 0. The minimum atomic E-state index is 0.432. The van der Waals surface area contributed by atoms with E-state index in [2.05, 4.69) is 31.1 Å². The number of rotatable bonds is 2. The second-order valence-electron chi connectivity index (χ2n) is 3.79. The van der Waals surface area contributed by atoms with Gasteiger partial charge in [0.25, 0.3) is 5.89 Å². The van der Waals surface area contributed by atoms with Gasteiger partial charge in [-0.1, -0.05) is 27.2 Å². The van der Waals surface area contributed by atoms with Gasteiger partial charge in [-0.25, -0.2) is 4.98 Å². The van der Waals surface area contributed by atoms with Crippen LogP contribution in [-0.2, 0) is 0 Å². The van der Waals surface area contributed by atoms with Crippen molar-refractivity contribution in [1.82, 2.24) is 19.7 Å². The molecule has 0 unspecified atom stereocenters. The van der Waals surface area contributed by atoms with E-state index < -0.39 is 0 Å². The monoisotopic (exact) mass is 304 g/mol. The van der Waals surface area contributed by atoms with E-state index >= 15 is 0 Å². The Labute approximate surface area is 112 Å². The number of aryl methyl sites for hydroxylation is 1. The largest absolute Gasteiger partial charge is 0.332 e. The fraction of sp³-hybridized carbons (Fsp3) is 0.0833. The van der Waals surface area contributed by atoms with Gasteiger partial charge < -0.3 is 9.09 Å². The smallest absolute Gasteiger partial charge is 0.278 e. The summed E-state index contributed by atoms with van der Waals surface area (Å²) >= 11 is 3.44. The average molecular weight is 305 g/mol. The molecule has 6 heteroatoms. The van der Waals surface area contributed by atoms with Crippen LogP contribution in [0, 0.1) is 6.92 Å². The summed E-state index contributed by atoms with van der Waals surface area (Å²) in [6.45, 7) is 1.78. The molecule has 5 nitrogen and oxygen atoms in total. The molecule has 0 saturated heterocycles. The number of nitrogens with zero attached hydrogens (tertiary/aromatic N) is 4. The molecule has 0 aliphatic carbocycles. The Kier molecular flexibility index (Phi) is 2.71. The van der Waals surface area contributed by atoms with Crippen LogP contribution < -0.4 is 0 Å². The van der Waals surface area contributed by atoms with Gasteiger partial charge in [0.15, 0.2) is 5.82 Å². The Balaban J connectivity index is 1.99. The van der Waals surface area contributed by atoms with E-state index in [4.69, 9.17) is 4.52 Å². The van der Waals surface area contributed by atoms with Crippen LogP contribution in [0.25, 0.3) is 17.3 Å². The van der Waals surface area contributed by atoms with Crippen molar-refractivity contribution in [3.05, 3.63) is 47.1 Å². The quantitative estimate of drug-likeness (QED) is 0.730. The molecule has 0 atom stereocenters. The molecular formula is C12H9BrN4O. The number of hydrogen-bond acceptors (Lipinski definition) is 4. The molecule has 2 heterocycles. The first kappa shape index (κ1) is 11.2. The third-order valence-electron chi connectivity index (χ3n) is 2.44. The van der Waals surface area contributed by atoms with Crippen molar-refractivity contribution in [3.8, 4) is 17.3 Å². The topological polar surface area (TPSA) is 56.7 Å². The number of benzene rings is 1. The van der Waals surface area contributed by atoms with Gasteiger partial charge in [-0.15, -0.1) is 0 Å². The minimum absolute atomic E-state index is 0.432. The summed E-state index contributed by atoms with van der Waals surface area (Å²) in [6.07, 6.45) is 3.57. The lowest BCUT2D eigenvalue weighted by Crippen LogP contribution is -1.88. The SMILES string of the molecule is Cc1noc(-c2cn(-c3cccc(Br)c3)cn2)n1. The van der Waals surface area contributed by atoms with Crippen molar-refractivity contribution < 1.29 is 4.52 Å². The van der Waals surface area contributed by atoms with E-state index in [9.17, 15) is 0 Å². The van der Waals surface area contributed by atoms with E-state index in [1.807, 2.05) is 35.0 Å². The molecule has 0 aliphatic heterocycles. The maximum absolute atomic E-state index is 5.08. The second kappa shape index (κ2) is 4.38. The molecule has 0 amide bonds. The Morgan fingerprint density at radius 2 is 2.22 bits per heavy atom. The van der Waals surface area contributed by atoms with Crippen LogP contribution in [0.2, 0.25) is 0 Å². The highest BCUT2D eigenvalue weighted by atomic mass is 79.9. The number of halogens is 1. The summed E-state index contributed by atoms with van der Waals surface area (Å²) < 4.78 is 8.00. The zero-order valence-electron chi connectivity index (χ0n) is 9.54. The molecule has 0 radical (unpaired) electrons. The normalized spacial score (nSPS) is 10.8. The molecule has 0 N–H and O–H groups in total. The lowest BCUT2D eigenvalue weighted by molar-refractivity contribution is 0.424. The predicted molar refractivity (Wildman–Crippen MR) is 69.3 cm³/mol. The third kappa shape index (κ3) is 2.06. The van der Waals surface area contributed by atoms with E-state index in [1.54, 1.807) is 13.3 Å². The minimum Gasteiger partial charge on any atom is -0.332 e. The fourth-order valence-electron chi connectivity index (χ4n) is 1.61. The number of imidazole rings is 1. The summed E-state index contributed by atoms with van der Waals surface area (Å²) in [5, 5.41) is 3.75. The van der Waals surface area contributed by atoms with E-state index in [0.717, 1.165) is 10.2 Å². The molecule has 0 fully saturated rings. The van der Waals surface area contributed by atoms with Crippen LogP contribution in [0.3, 0.4) is 0 Å². The third-order valence-corrected chi connectivity index (χ3v) is 2.93. The maximum Gasteiger partial charge on any atom is 0.278 e. The summed E-state index contributed by atoms with van der Waals surface area (Å²) in [5.41, 5.74) is 1.68. The molecule has 0 bridgehead atoms. The molecule has 0 aliphatic rings. The van der Waals surface area contributed by atoms with Crippen LogP contribution in [-0.4, -0.2) is 19.7 Å². The van der Waals surface area contributed by atoms with Crippen LogP contribution in [0.1, 0.15) is 5.82 Å². The van der Waals surface area contributed by atoms with Gasteiger partial charge in [0.1, 0.15) is 12.0 Å². The van der Waals surface area contributed by atoms with Gasteiger partial charge in [-0.3, -0.25) is 0 Å². The Morgan fingerprint density at radius 3 is 2.94 bits per heavy atom. The van der Waals surface area contributed by atoms with E-state index in [0.29, 0.717) is 17.4 Å². The summed E-state index contributed by atoms with van der Waals surface area (Å²) in [4.78, 5) is 8.40. The van der Waals surface area contributed by atoms with Crippen molar-refractivity contribution in [3.63, 3.8) is 0 Å². The zero-order valence-corrected chi connectivity index (χ0v) is 11.1.